The van der Waals surface area contributed by atoms with Gasteiger partial charge in [-0.1, -0.05) is 66.2 Å². The second-order valence-corrected chi connectivity index (χ2v) is 13.5. The molecule has 2 aromatic carbocycles. The zero-order valence-electron chi connectivity index (χ0n) is 22.8. The average molecular weight is 628 g/mol. The van der Waals surface area contributed by atoms with Crippen molar-refractivity contribution in [3.05, 3.63) is 104 Å². The first kappa shape index (κ1) is 29.9. The minimum atomic E-state index is -3.94. The van der Waals surface area contributed by atoms with Gasteiger partial charge in [-0.05, 0) is 60.7 Å². The maximum absolute atomic E-state index is 13.9. The summed E-state index contributed by atoms with van der Waals surface area (Å²) in [6.07, 6.45) is 4.29. The predicted octanol–water partition coefficient (Wildman–Crippen LogP) is 4.22. The standard InChI is InChI=1S/C30H35BrN4O4S/c1-19(2)17-35(40(38,39)24-11-9-22-15-29(32)33-26(22)16-24)18-28(36)27(14-21-7-5-4-6-8-21)34-30(37)25-12-10-23(31)13-20(25)3/h4-13,15,19,27-28,36H,14,16-18,32H2,1-3H3,(H,34,37). The number of aliphatic hydroxyl groups is 1. The van der Waals surface area contributed by atoms with Crippen LogP contribution >= 0.6 is 15.9 Å². The van der Waals surface area contributed by atoms with Gasteiger partial charge in [-0.25, -0.2) is 13.4 Å². The number of nitrogens with zero attached hydrogens (tertiary/aromatic N) is 2. The number of halogens is 1. The Labute approximate surface area is 244 Å². The number of hydrogen-bond acceptors (Lipinski definition) is 6. The molecule has 0 aromatic heterocycles. The van der Waals surface area contributed by atoms with Crippen LogP contribution in [0.15, 0.2) is 92.5 Å². The van der Waals surface area contributed by atoms with Gasteiger partial charge in [0.2, 0.25) is 10.0 Å². The molecule has 1 amide bonds. The minimum Gasteiger partial charge on any atom is -0.390 e. The number of aryl methyl sites for hydroxylation is 1. The fourth-order valence-corrected chi connectivity index (χ4v) is 7.03. The van der Waals surface area contributed by atoms with Gasteiger partial charge in [-0.2, -0.15) is 4.31 Å². The molecule has 1 aliphatic heterocycles. The number of sulfonamides is 1. The Kier molecular flexibility index (Phi) is 9.45. The smallest absolute Gasteiger partial charge is 0.251 e. The highest BCUT2D eigenvalue weighted by Gasteiger charge is 2.34. The molecule has 2 aliphatic rings. The van der Waals surface area contributed by atoms with E-state index in [1.54, 1.807) is 30.4 Å². The number of carbonyl (C=O) groups is 1. The number of rotatable bonds is 11. The lowest BCUT2D eigenvalue weighted by Crippen LogP contribution is -2.51. The van der Waals surface area contributed by atoms with E-state index in [4.69, 9.17) is 5.73 Å². The Morgan fingerprint density at radius 1 is 1.15 bits per heavy atom. The molecule has 0 fully saturated rings. The van der Waals surface area contributed by atoms with E-state index in [9.17, 15) is 18.3 Å². The first-order chi connectivity index (χ1) is 18.9. The maximum Gasteiger partial charge on any atom is 0.251 e. The summed E-state index contributed by atoms with van der Waals surface area (Å²) in [6, 6.07) is 14.1. The molecule has 4 N–H and O–H groups in total. The van der Waals surface area contributed by atoms with Crippen LogP contribution < -0.4 is 11.1 Å². The molecule has 2 aromatic rings. The van der Waals surface area contributed by atoms with Crippen LogP contribution in [-0.4, -0.2) is 54.7 Å². The number of carbonyl (C=O) groups excluding carboxylic acids is 1. The fourth-order valence-electron chi connectivity index (χ4n) is 4.82. The molecule has 1 heterocycles. The van der Waals surface area contributed by atoms with Crippen molar-refractivity contribution >= 4 is 37.6 Å². The molecule has 2 unspecified atom stereocenters. The summed E-state index contributed by atoms with van der Waals surface area (Å²) in [5, 5.41) is 14.5. The van der Waals surface area contributed by atoms with Gasteiger partial charge in [0.1, 0.15) is 5.82 Å². The van der Waals surface area contributed by atoms with Crippen molar-refractivity contribution in [2.24, 2.45) is 16.6 Å². The summed E-state index contributed by atoms with van der Waals surface area (Å²) < 4.78 is 29.9. The van der Waals surface area contributed by atoms with E-state index in [1.165, 1.54) is 4.31 Å². The molecule has 10 heteroatoms. The third-order valence-electron chi connectivity index (χ3n) is 6.83. The van der Waals surface area contributed by atoms with Gasteiger partial charge >= 0.3 is 0 Å². The largest absolute Gasteiger partial charge is 0.390 e. The highest BCUT2D eigenvalue weighted by Crippen LogP contribution is 2.29. The van der Waals surface area contributed by atoms with Crippen molar-refractivity contribution in [2.75, 3.05) is 13.1 Å². The van der Waals surface area contributed by atoms with Crippen molar-refractivity contribution in [2.45, 2.75) is 45.8 Å². The van der Waals surface area contributed by atoms with Crippen molar-refractivity contribution < 1.29 is 18.3 Å². The number of nitrogens with one attached hydrogen (secondary N) is 1. The fraction of sp³-hybridized carbons (Fsp3) is 0.333. The lowest BCUT2D eigenvalue weighted by molar-refractivity contribution is 0.0776. The van der Waals surface area contributed by atoms with Gasteiger partial charge in [0, 0.05) is 35.1 Å². The number of amides is 1. The summed E-state index contributed by atoms with van der Waals surface area (Å²) in [5.41, 5.74) is 9.42. The average Bonchev–Trinajstić information content (AvgIpc) is 3.27. The number of allylic oxidation sites excluding steroid dienone is 5. The molecule has 4 rings (SSSR count). The van der Waals surface area contributed by atoms with Crippen LogP contribution in [0.25, 0.3) is 0 Å². The number of nitrogens with two attached hydrogens (primary N) is 1. The van der Waals surface area contributed by atoms with Crippen LogP contribution in [0.1, 0.15) is 41.8 Å². The van der Waals surface area contributed by atoms with Crippen LogP contribution in [0, 0.1) is 12.8 Å². The summed E-state index contributed by atoms with van der Waals surface area (Å²) in [6.45, 7) is 5.71. The molecular weight excluding hydrogens is 592 g/mol. The van der Waals surface area contributed by atoms with Crippen molar-refractivity contribution in [1.82, 2.24) is 9.62 Å². The Morgan fingerprint density at radius 2 is 1.88 bits per heavy atom. The summed E-state index contributed by atoms with van der Waals surface area (Å²) in [4.78, 5) is 17.8. The van der Waals surface area contributed by atoms with E-state index in [1.807, 2.05) is 57.2 Å². The summed E-state index contributed by atoms with van der Waals surface area (Å²) in [5.74, 6) is 0.0227. The minimum absolute atomic E-state index is 0.00554. The Balaban J connectivity index is 1.59. The van der Waals surface area contributed by atoms with E-state index in [0.717, 1.165) is 21.2 Å². The SMILES string of the molecule is Cc1cc(Br)ccc1C(=O)NC(Cc1ccccc1)C(O)CN(CC(C)C)S(=O)(=O)C1=CC=C2C=C(N)N=C2C1. The van der Waals surface area contributed by atoms with Gasteiger partial charge in [0.15, 0.2) is 0 Å². The van der Waals surface area contributed by atoms with Gasteiger partial charge < -0.3 is 16.2 Å². The molecule has 0 saturated heterocycles. The van der Waals surface area contributed by atoms with E-state index < -0.39 is 22.2 Å². The zero-order chi connectivity index (χ0) is 29.0. The van der Waals surface area contributed by atoms with Crippen molar-refractivity contribution in [3.8, 4) is 0 Å². The predicted molar refractivity (Wildman–Crippen MR) is 162 cm³/mol. The second-order valence-electron chi connectivity index (χ2n) is 10.6. The van der Waals surface area contributed by atoms with Crippen LogP contribution in [0.2, 0.25) is 0 Å². The molecule has 0 saturated carbocycles. The number of fused-ring (bicyclic) bond motifs is 1. The van der Waals surface area contributed by atoms with E-state index >= 15 is 0 Å². The Hall–Kier alpha value is -3.05. The molecule has 2 atom stereocenters. The van der Waals surface area contributed by atoms with Gasteiger partial charge in [0.05, 0.1) is 22.8 Å². The third-order valence-corrected chi connectivity index (χ3v) is 9.25. The number of hydrogen-bond donors (Lipinski definition) is 3. The van der Waals surface area contributed by atoms with Gasteiger partial charge in [0.25, 0.3) is 5.91 Å². The highest BCUT2D eigenvalue weighted by atomic mass is 79.9. The summed E-state index contributed by atoms with van der Waals surface area (Å²) in [7, 11) is -3.94. The first-order valence-electron chi connectivity index (χ1n) is 13.2. The Morgan fingerprint density at radius 3 is 2.55 bits per heavy atom. The first-order valence-corrected chi connectivity index (χ1v) is 15.4. The van der Waals surface area contributed by atoms with Crippen LogP contribution in [0.5, 0.6) is 0 Å². The molecule has 0 bridgehead atoms. The normalized spacial score (nSPS) is 16.6. The maximum atomic E-state index is 13.9. The molecule has 0 spiro atoms. The van der Waals surface area contributed by atoms with Crippen LogP contribution in [-0.2, 0) is 16.4 Å². The number of aliphatic imine (C=N–C) groups is 1. The lowest BCUT2D eigenvalue weighted by atomic mass is 9.99. The molecule has 8 nitrogen and oxygen atoms in total. The third kappa shape index (κ3) is 7.17. The quantitative estimate of drug-likeness (QED) is 0.344. The van der Waals surface area contributed by atoms with Gasteiger partial charge in [-0.3, -0.25) is 4.79 Å². The molecule has 1 aliphatic carbocycles. The zero-order valence-corrected chi connectivity index (χ0v) is 25.2. The van der Waals surface area contributed by atoms with Crippen molar-refractivity contribution in [3.63, 3.8) is 0 Å². The monoisotopic (exact) mass is 626 g/mol. The number of aliphatic hydroxyl groups excluding tert-OH is 1. The van der Waals surface area contributed by atoms with Gasteiger partial charge in [-0.15, -0.1) is 0 Å². The van der Waals surface area contributed by atoms with E-state index in [-0.39, 0.29) is 36.2 Å². The molecule has 212 valence electrons. The molecular formula is C30H35BrN4O4S. The number of benzene rings is 2. The van der Waals surface area contributed by atoms with E-state index in [0.29, 0.717) is 23.5 Å². The topological polar surface area (TPSA) is 125 Å². The summed E-state index contributed by atoms with van der Waals surface area (Å²) >= 11 is 3.42. The van der Waals surface area contributed by atoms with Crippen LogP contribution in [0.4, 0.5) is 0 Å². The van der Waals surface area contributed by atoms with Crippen molar-refractivity contribution in [1.29, 1.82) is 0 Å². The highest BCUT2D eigenvalue weighted by molar-refractivity contribution is 9.10. The Bertz CT molecular complexity index is 1500. The molecule has 0 radical (unpaired) electrons. The molecule has 40 heavy (non-hydrogen) atoms. The second kappa shape index (κ2) is 12.6. The lowest BCUT2D eigenvalue weighted by Gasteiger charge is -2.31. The van der Waals surface area contributed by atoms with E-state index in [2.05, 4.69) is 26.2 Å². The van der Waals surface area contributed by atoms with Crippen LogP contribution in [0.3, 0.4) is 0 Å².